The molecule has 0 saturated carbocycles. The predicted molar refractivity (Wildman–Crippen MR) is 45.9 cm³/mol. The highest BCUT2D eigenvalue weighted by molar-refractivity contribution is 5.68. The van der Waals surface area contributed by atoms with E-state index < -0.39 is 0 Å². The number of methoxy groups -OCH3 is 1. The number of hydrogen-bond donors (Lipinski definition) is 0. The zero-order valence-electron chi connectivity index (χ0n) is 7.36. The zero-order chi connectivity index (χ0) is 9.26. The Morgan fingerprint density at radius 2 is 2.46 bits per heavy atom. The number of nitrogens with zero attached hydrogens (tertiary/aromatic N) is 2. The van der Waals surface area contributed by atoms with Crippen LogP contribution in [0.15, 0.2) is 18.3 Å². The summed E-state index contributed by atoms with van der Waals surface area (Å²) in [4.78, 5) is 17.0. The average Bonchev–Trinajstić information content (AvgIpc) is 2.59. The van der Waals surface area contributed by atoms with Gasteiger partial charge in [0.2, 0.25) is 0 Å². The van der Waals surface area contributed by atoms with E-state index in [0.29, 0.717) is 13.1 Å². The van der Waals surface area contributed by atoms with Crippen molar-refractivity contribution in [2.75, 3.05) is 7.11 Å². The fourth-order valence-corrected chi connectivity index (χ4v) is 1.46. The standard InChI is InChI=1S/C9H10N2O2/c1-13-9(12)11-5-7-3-2-4-10-8(7)6-11/h2-4H,5-6H2,1H3. The lowest BCUT2D eigenvalue weighted by Crippen LogP contribution is -2.24. The summed E-state index contributed by atoms with van der Waals surface area (Å²) in [6.07, 6.45) is 1.44. The summed E-state index contributed by atoms with van der Waals surface area (Å²) in [5.41, 5.74) is 2.07. The van der Waals surface area contributed by atoms with Crippen LogP contribution in [0.5, 0.6) is 0 Å². The minimum absolute atomic E-state index is 0.294. The fourth-order valence-electron chi connectivity index (χ4n) is 1.46. The highest BCUT2D eigenvalue weighted by Crippen LogP contribution is 2.20. The quantitative estimate of drug-likeness (QED) is 0.598. The number of fused-ring (bicyclic) bond motifs is 1. The molecule has 1 amide bonds. The normalized spacial score (nSPS) is 14.1. The van der Waals surface area contributed by atoms with Crippen LogP contribution < -0.4 is 0 Å². The lowest BCUT2D eigenvalue weighted by atomic mass is 10.2. The molecule has 1 aromatic rings. The van der Waals surface area contributed by atoms with Gasteiger partial charge in [0.25, 0.3) is 0 Å². The van der Waals surface area contributed by atoms with E-state index in [9.17, 15) is 4.79 Å². The second-order valence-electron chi connectivity index (χ2n) is 2.94. The minimum Gasteiger partial charge on any atom is -0.453 e. The molecule has 0 radical (unpaired) electrons. The molecule has 0 atom stereocenters. The Morgan fingerprint density at radius 1 is 1.62 bits per heavy atom. The Balaban J connectivity index is 2.18. The van der Waals surface area contributed by atoms with Gasteiger partial charge in [-0.25, -0.2) is 4.79 Å². The summed E-state index contributed by atoms with van der Waals surface area (Å²) in [5.74, 6) is 0. The number of aromatic nitrogens is 1. The number of carbonyl (C=O) groups excluding carboxylic acids is 1. The third kappa shape index (κ3) is 1.35. The molecule has 2 rings (SSSR count). The van der Waals surface area contributed by atoms with Gasteiger partial charge in [0.15, 0.2) is 0 Å². The predicted octanol–water partition coefficient (Wildman–Crippen LogP) is 1.16. The van der Waals surface area contributed by atoms with Crippen molar-refractivity contribution in [1.82, 2.24) is 9.88 Å². The lowest BCUT2D eigenvalue weighted by molar-refractivity contribution is 0.123. The van der Waals surface area contributed by atoms with Gasteiger partial charge in [-0.3, -0.25) is 9.88 Å². The summed E-state index contributed by atoms with van der Waals surface area (Å²) in [5, 5.41) is 0. The molecular weight excluding hydrogens is 168 g/mol. The van der Waals surface area contributed by atoms with Gasteiger partial charge in [0.1, 0.15) is 0 Å². The smallest absolute Gasteiger partial charge is 0.410 e. The van der Waals surface area contributed by atoms with E-state index in [1.54, 1.807) is 11.1 Å². The summed E-state index contributed by atoms with van der Waals surface area (Å²) in [6.45, 7) is 1.17. The Hall–Kier alpha value is -1.58. The molecule has 68 valence electrons. The van der Waals surface area contributed by atoms with E-state index in [2.05, 4.69) is 9.72 Å². The SMILES string of the molecule is COC(=O)N1Cc2cccnc2C1. The molecule has 4 nitrogen and oxygen atoms in total. The number of pyridine rings is 1. The topological polar surface area (TPSA) is 42.4 Å². The van der Waals surface area contributed by atoms with E-state index in [1.807, 2.05) is 12.1 Å². The first-order valence-corrected chi connectivity index (χ1v) is 4.07. The van der Waals surface area contributed by atoms with Crippen molar-refractivity contribution in [3.8, 4) is 0 Å². The number of hydrogen-bond acceptors (Lipinski definition) is 3. The van der Waals surface area contributed by atoms with Crippen molar-refractivity contribution in [2.45, 2.75) is 13.1 Å². The van der Waals surface area contributed by atoms with Crippen molar-refractivity contribution in [3.63, 3.8) is 0 Å². The zero-order valence-corrected chi connectivity index (χ0v) is 7.36. The largest absolute Gasteiger partial charge is 0.453 e. The van der Waals surface area contributed by atoms with Crippen molar-refractivity contribution in [3.05, 3.63) is 29.6 Å². The molecular formula is C9H10N2O2. The van der Waals surface area contributed by atoms with Crippen molar-refractivity contribution in [1.29, 1.82) is 0 Å². The fraction of sp³-hybridized carbons (Fsp3) is 0.333. The first kappa shape index (κ1) is 8.04. The highest BCUT2D eigenvalue weighted by Gasteiger charge is 2.23. The molecule has 4 heteroatoms. The molecule has 0 aliphatic carbocycles. The van der Waals surface area contributed by atoms with Gasteiger partial charge >= 0.3 is 6.09 Å². The molecule has 0 aromatic carbocycles. The maximum atomic E-state index is 11.2. The summed E-state index contributed by atoms with van der Waals surface area (Å²) < 4.78 is 4.62. The van der Waals surface area contributed by atoms with Crippen molar-refractivity contribution < 1.29 is 9.53 Å². The van der Waals surface area contributed by atoms with Gasteiger partial charge < -0.3 is 4.74 Å². The van der Waals surface area contributed by atoms with Crippen LogP contribution in [0.25, 0.3) is 0 Å². The third-order valence-corrected chi connectivity index (χ3v) is 2.12. The monoisotopic (exact) mass is 178 g/mol. The van der Waals surface area contributed by atoms with Gasteiger partial charge in [0.05, 0.1) is 25.9 Å². The molecule has 1 aromatic heterocycles. The molecule has 0 saturated heterocycles. The van der Waals surface area contributed by atoms with Crippen LogP contribution in [0.3, 0.4) is 0 Å². The number of ether oxygens (including phenoxy) is 1. The number of carbonyl (C=O) groups is 1. The Morgan fingerprint density at radius 3 is 3.15 bits per heavy atom. The molecule has 13 heavy (non-hydrogen) atoms. The minimum atomic E-state index is -0.294. The maximum Gasteiger partial charge on any atom is 0.410 e. The number of rotatable bonds is 0. The van der Waals surface area contributed by atoms with Gasteiger partial charge in [-0.1, -0.05) is 6.07 Å². The highest BCUT2D eigenvalue weighted by atomic mass is 16.5. The average molecular weight is 178 g/mol. The first-order chi connectivity index (χ1) is 6.31. The van der Waals surface area contributed by atoms with E-state index in [0.717, 1.165) is 11.3 Å². The van der Waals surface area contributed by atoms with E-state index >= 15 is 0 Å². The molecule has 0 fully saturated rings. The molecule has 1 aliphatic heterocycles. The van der Waals surface area contributed by atoms with E-state index in [4.69, 9.17) is 0 Å². The molecule has 0 spiro atoms. The van der Waals surface area contributed by atoms with Crippen LogP contribution in [-0.4, -0.2) is 23.1 Å². The second-order valence-corrected chi connectivity index (χ2v) is 2.94. The van der Waals surface area contributed by atoms with E-state index in [-0.39, 0.29) is 6.09 Å². The van der Waals surface area contributed by atoms with Crippen molar-refractivity contribution >= 4 is 6.09 Å². The second kappa shape index (κ2) is 3.05. The molecule has 2 heterocycles. The maximum absolute atomic E-state index is 11.2. The van der Waals surface area contributed by atoms with Crippen molar-refractivity contribution in [2.24, 2.45) is 0 Å². The van der Waals surface area contributed by atoms with Crippen LogP contribution in [0.1, 0.15) is 11.3 Å². The number of amides is 1. The molecule has 0 unspecified atom stereocenters. The third-order valence-electron chi connectivity index (χ3n) is 2.12. The van der Waals surface area contributed by atoms with Gasteiger partial charge in [-0.15, -0.1) is 0 Å². The molecule has 0 bridgehead atoms. The van der Waals surface area contributed by atoms with Gasteiger partial charge in [0, 0.05) is 6.20 Å². The lowest BCUT2D eigenvalue weighted by Gasteiger charge is -2.11. The summed E-state index contributed by atoms with van der Waals surface area (Å²) >= 11 is 0. The molecule has 0 N–H and O–H groups in total. The van der Waals surface area contributed by atoms with Crippen LogP contribution in [0, 0.1) is 0 Å². The van der Waals surface area contributed by atoms with Crippen LogP contribution in [0.2, 0.25) is 0 Å². The van der Waals surface area contributed by atoms with Crippen LogP contribution >= 0.6 is 0 Å². The first-order valence-electron chi connectivity index (χ1n) is 4.07. The molecule has 1 aliphatic rings. The van der Waals surface area contributed by atoms with Gasteiger partial charge in [-0.05, 0) is 11.6 Å². The van der Waals surface area contributed by atoms with Crippen LogP contribution in [-0.2, 0) is 17.8 Å². The summed E-state index contributed by atoms with van der Waals surface area (Å²) in [7, 11) is 1.39. The Bertz CT molecular complexity index is 313. The van der Waals surface area contributed by atoms with Crippen LogP contribution in [0.4, 0.5) is 4.79 Å². The van der Waals surface area contributed by atoms with Gasteiger partial charge in [-0.2, -0.15) is 0 Å². The Labute approximate surface area is 76.1 Å². The Kier molecular flexibility index (Phi) is 1.88. The van der Waals surface area contributed by atoms with E-state index in [1.165, 1.54) is 7.11 Å². The summed E-state index contributed by atoms with van der Waals surface area (Å²) in [6, 6.07) is 3.85.